The number of aromatic nitrogens is 1. The van der Waals surface area contributed by atoms with Gasteiger partial charge in [0.15, 0.2) is 11.5 Å². The quantitative estimate of drug-likeness (QED) is 0.360. The molecule has 1 fully saturated rings. The van der Waals surface area contributed by atoms with E-state index >= 15 is 0 Å². The second-order valence-electron chi connectivity index (χ2n) is 8.69. The summed E-state index contributed by atoms with van der Waals surface area (Å²) in [6.45, 7) is 1.54. The third kappa shape index (κ3) is 4.32. The minimum Gasteiger partial charge on any atom is -0.493 e. The third-order valence-electron chi connectivity index (χ3n) is 6.55. The van der Waals surface area contributed by atoms with Crippen molar-refractivity contribution in [2.75, 3.05) is 33.0 Å². The first kappa shape index (κ1) is 23.2. The maximum atomic E-state index is 13.6. The van der Waals surface area contributed by atoms with Gasteiger partial charge in [-0.1, -0.05) is 55.3 Å². The van der Waals surface area contributed by atoms with Gasteiger partial charge in [-0.25, -0.2) is 4.98 Å². The Kier molecular flexibility index (Phi) is 6.59. The molecule has 0 radical (unpaired) electrons. The molecule has 1 aliphatic heterocycles. The minimum atomic E-state index is -0.00258. The van der Waals surface area contributed by atoms with Gasteiger partial charge in [0.25, 0.3) is 5.91 Å². The molecule has 0 atom stereocenters. The van der Waals surface area contributed by atoms with Gasteiger partial charge in [0.1, 0.15) is 9.71 Å². The van der Waals surface area contributed by atoms with E-state index in [0.717, 1.165) is 71.4 Å². The van der Waals surface area contributed by atoms with Crippen LogP contribution in [0.25, 0.3) is 32.6 Å². The van der Waals surface area contributed by atoms with Crippen LogP contribution in [0.3, 0.4) is 0 Å². The topological polar surface area (TPSA) is 77.7 Å². The summed E-state index contributed by atoms with van der Waals surface area (Å²) < 4.78 is 11.3. The fourth-order valence-corrected chi connectivity index (χ4v) is 5.85. The number of carbonyl (C=O) groups excluding carboxylic acids is 1. The molecule has 0 unspecified atom stereocenters. The number of anilines is 1. The zero-order chi connectivity index (χ0) is 24.4. The van der Waals surface area contributed by atoms with Crippen molar-refractivity contribution in [1.29, 1.82) is 0 Å². The van der Waals surface area contributed by atoms with Crippen molar-refractivity contribution in [1.82, 2.24) is 9.88 Å². The molecule has 6 nitrogen and oxygen atoms in total. The number of thiophene rings is 1. The number of nitrogens with two attached hydrogens (primary N) is 1. The highest BCUT2D eigenvalue weighted by Gasteiger charge is 2.26. The number of hydrogen-bond donors (Lipinski definition) is 1. The Morgan fingerprint density at radius 2 is 1.69 bits per heavy atom. The predicted octanol–water partition coefficient (Wildman–Crippen LogP) is 6.25. The van der Waals surface area contributed by atoms with Crippen LogP contribution < -0.4 is 15.2 Å². The Bertz CT molecular complexity index is 1360. The first-order chi connectivity index (χ1) is 17.1. The van der Waals surface area contributed by atoms with Crippen LogP contribution in [0.15, 0.2) is 54.6 Å². The zero-order valence-corrected chi connectivity index (χ0v) is 20.9. The monoisotopic (exact) mass is 487 g/mol. The molecule has 0 bridgehead atoms. The second kappa shape index (κ2) is 9.96. The molecule has 1 amide bonds. The first-order valence-corrected chi connectivity index (χ1v) is 12.7. The molecule has 0 spiro atoms. The van der Waals surface area contributed by atoms with E-state index in [9.17, 15) is 4.79 Å². The summed E-state index contributed by atoms with van der Waals surface area (Å²) in [7, 11) is 3.25. The summed E-state index contributed by atoms with van der Waals surface area (Å²) in [6, 6.07) is 17.8. The van der Waals surface area contributed by atoms with Gasteiger partial charge in [-0.2, -0.15) is 0 Å². The van der Waals surface area contributed by atoms with Gasteiger partial charge in [-0.3, -0.25) is 4.79 Å². The highest BCUT2D eigenvalue weighted by Crippen LogP contribution is 2.46. The average molecular weight is 488 g/mol. The second-order valence-corrected chi connectivity index (χ2v) is 9.69. The Labute approximate surface area is 209 Å². The highest BCUT2D eigenvalue weighted by molar-refractivity contribution is 7.21. The molecule has 1 aliphatic rings. The molecule has 1 saturated heterocycles. The number of carbonyl (C=O) groups is 1. The van der Waals surface area contributed by atoms with Gasteiger partial charge >= 0.3 is 0 Å². The lowest BCUT2D eigenvalue weighted by Gasteiger charge is -2.19. The van der Waals surface area contributed by atoms with Gasteiger partial charge in [-0.05, 0) is 25.0 Å². The maximum absolute atomic E-state index is 13.6. The van der Waals surface area contributed by atoms with Crippen LogP contribution in [0.1, 0.15) is 35.4 Å². The van der Waals surface area contributed by atoms with E-state index in [0.29, 0.717) is 22.1 Å². The Morgan fingerprint density at radius 3 is 2.37 bits per heavy atom. The summed E-state index contributed by atoms with van der Waals surface area (Å²) >= 11 is 1.37. The normalized spacial score (nSPS) is 14.1. The highest BCUT2D eigenvalue weighted by atomic mass is 32.1. The lowest BCUT2D eigenvalue weighted by atomic mass is 9.98. The van der Waals surface area contributed by atoms with E-state index in [1.54, 1.807) is 14.2 Å². The molecular formula is C28H29N3O3S. The lowest BCUT2D eigenvalue weighted by molar-refractivity contribution is 0.0767. The fourth-order valence-electron chi connectivity index (χ4n) is 4.77. The van der Waals surface area contributed by atoms with Gasteiger partial charge in [-0.15, -0.1) is 11.3 Å². The molecular weight excluding hydrogens is 458 g/mol. The standard InChI is InChI=1S/C28H29N3O3S/c1-33-22-14-10-13-19(25(22)34-2)20-17-21(18-11-6-5-7-12-18)30-27-23(20)24(29)26(35-27)28(32)31-15-8-3-4-9-16-31/h5-7,10-14,17H,3-4,8-9,15-16,29H2,1-2H3. The molecule has 2 aromatic carbocycles. The number of para-hydroxylation sites is 1. The number of likely N-dealkylation sites (tertiary alicyclic amines) is 1. The molecule has 0 saturated carbocycles. The number of rotatable bonds is 5. The summed E-state index contributed by atoms with van der Waals surface area (Å²) in [6.07, 6.45) is 4.37. The van der Waals surface area contributed by atoms with Crippen molar-refractivity contribution in [3.05, 3.63) is 59.5 Å². The van der Waals surface area contributed by atoms with E-state index < -0.39 is 0 Å². The third-order valence-corrected chi connectivity index (χ3v) is 7.64. The van der Waals surface area contributed by atoms with Crippen molar-refractivity contribution in [2.24, 2.45) is 0 Å². The SMILES string of the molecule is COc1cccc(-c2cc(-c3ccccc3)nc3sc(C(=O)N4CCCCCC4)c(N)c23)c1OC. The number of nitrogen functional groups attached to an aromatic ring is 1. The first-order valence-electron chi connectivity index (χ1n) is 11.9. The number of nitrogens with zero attached hydrogens (tertiary/aromatic N) is 2. The molecule has 5 rings (SSSR count). The molecule has 0 aliphatic carbocycles. The van der Waals surface area contributed by atoms with Gasteiger partial charge in [0.05, 0.1) is 25.6 Å². The van der Waals surface area contributed by atoms with Crippen LogP contribution in [0.5, 0.6) is 11.5 Å². The molecule has 3 heterocycles. The fraction of sp³-hybridized carbons (Fsp3) is 0.286. The molecule has 2 N–H and O–H groups in total. The summed E-state index contributed by atoms with van der Waals surface area (Å²) in [5.74, 6) is 1.25. The van der Waals surface area contributed by atoms with Gasteiger partial charge < -0.3 is 20.1 Å². The lowest BCUT2D eigenvalue weighted by Crippen LogP contribution is -2.31. The van der Waals surface area contributed by atoms with Crippen LogP contribution in [-0.4, -0.2) is 43.1 Å². The Hall–Kier alpha value is -3.58. The van der Waals surface area contributed by atoms with Gasteiger partial charge in [0, 0.05) is 35.2 Å². The van der Waals surface area contributed by atoms with Crippen LogP contribution in [-0.2, 0) is 0 Å². The van der Waals surface area contributed by atoms with Crippen molar-refractivity contribution in [3.8, 4) is 33.9 Å². The predicted molar refractivity (Wildman–Crippen MR) is 142 cm³/mol. The molecule has 180 valence electrons. The van der Waals surface area contributed by atoms with E-state index in [1.165, 1.54) is 11.3 Å². The van der Waals surface area contributed by atoms with Crippen molar-refractivity contribution >= 4 is 33.1 Å². The number of benzene rings is 2. The molecule has 2 aromatic heterocycles. The number of amides is 1. The van der Waals surface area contributed by atoms with Crippen LogP contribution in [0.2, 0.25) is 0 Å². The maximum Gasteiger partial charge on any atom is 0.266 e. The molecule has 35 heavy (non-hydrogen) atoms. The van der Waals surface area contributed by atoms with Crippen molar-refractivity contribution in [2.45, 2.75) is 25.7 Å². The van der Waals surface area contributed by atoms with E-state index in [1.807, 2.05) is 59.5 Å². The Balaban J connectivity index is 1.74. The van der Waals surface area contributed by atoms with E-state index in [4.69, 9.17) is 20.2 Å². The number of methoxy groups -OCH3 is 2. The number of hydrogen-bond acceptors (Lipinski definition) is 6. The average Bonchev–Trinajstić information content (AvgIpc) is 3.06. The van der Waals surface area contributed by atoms with Crippen molar-refractivity contribution in [3.63, 3.8) is 0 Å². The number of pyridine rings is 1. The smallest absolute Gasteiger partial charge is 0.266 e. The van der Waals surface area contributed by atoms with Crippen LogP contribution in [0, 0.1) is 0 Å². The van der Waals surface area contributed by atoms with E-state index in [-0.39, 0.29) is 5.91 Å². The van der Waals surface area contributed by atoms with Crippen molar-refractivity contribution < 1.29 is 14.3 Å². The molecule has 4 aromatic rings. The van der Waals surface area contributed by atoms with Gasteiger partial charge in [0.2, 0.25) is 0 Å². The minimum absolute atomic E-state index is 0.00258. The summed E-state index contributed by atoms with van der Waals surface area (Å²) in [5, 5.41) is 0.777. The summed E-state index contributed by atoms with van der Waals surface area (Å²) in [5.41, 5.74) is 10.7. The number of fused-ring (bicyclic) bond motifs is 1. The largest absolute Gasteiger partial charge is 0.493 e. The van der Waals surface area contributed by atoms with Crippen LogP contribution in [0.4, 0.5) is 5.69 Å². The van der Waals surface area contributed by atoms with E-state index in [2.05, 4.69) is 0 Å². The van der Waals surface area contributed by atoms with Crippen LogP contribution >= 0.6 is 11.3 Å². The number of ether oxygens (including phenoxy) is 2. The summed E-state index contributed by atoms with van der Waals surface area (Å²) in [4.78, 5) is 21.7. The zero-order valence-electron chi connectivity index (χ0n) is 20.0. The Morgan fingerprint density at radius 1 is 0.943 bits per heavy atom. The molecule has 7 heteroatoms.